The molecule has 3 heterocycles. The minimum atomic E-state index is 0.721. The molecule has 0 amide bonds. The molecule has 0 aliphatic rings. The van der Waals surface area contributed by atoms with E-state index >= 15 is 0 Å². The van der Waals surface area contributed by atoms with Crippen LogP contribution in [0.1, 0.15) is 57.6 Å². The fourth-order valence-electron chi connectivity index (χ4n) is 5.45. The Balaban J connectivity index is 1.87. The maximum atomic E-state index is 6.00. The number of pyridine rings is 1. The summed E-state index contributed by atoms with van der Waals surface area (Å²) >= 11 is 0. The lowest BCUT2D eigenvalue weighted by Crippen LogP contribution is -2.03. The third-order valence-corrected chi connectivity index (χ3v) is 7.29. The van der Waals surface area contributed by atoms with Crippen LogP contribution in [0.2, 0.25) is 0 Å². The van der Waals surface area contributed by atoms with Crippen molar-refractivity contribution >= 4 is 44.1 Å². The van der Waals surface area contributed by atoms with Crippen molar-refractivity contribution in [3.63, 3.8) is 0 Å². The Morgan fingerprint density at radius 3 is 2.50 bits per heavy atom. The van der Waals surface area contributed by atoms with Crippen LogP contribution in [0.15, 0.2) is 53.0 Å². The van der Waals surface area contributed by atoms with E-state index in [0.29, 0.717) is 0 Å². The van der Waals surface area contributed by atoms with Crippen molar-refractivity contribution in [3.8, 4) is 17.0 Å². The van der Waals surface area contributed by atoms with Crippen LogP contribution >= 0.6 is 0 Å². The zero-order valence-corrected chi connectivity index (χ0v) is 23.4. The van der Waals surface area contributed by atoms with Gasteiger partial charge in [-0.15, -0.1) is 0 Å². The Hall–Kier alpha value is -4.06. The molecule has 194 valence electrons. The number of aromatic amines is 1. The van der Waals surface area contributed by atoms with Crippen molar-refractivity contribution < 1.29 is 4.74 Å². The summed E-state index contributed by atoms with van der Waals surface area (Å²) in [6.45, 7) is 10.5. The number of aryl methyl sites for hydroxylation is 2. The largest absolute Gasteiger partial charge is 0.496 e. The molecule has 2 aromatic carbocycles. The molecular formula is C32H35N5O. The molecule has 0 bridgehead atoms. The summed E-state index contributed by atoms with van der Waals surface area (Å²) in [4.78, 5) is 22.8. The van der Waals surface area contributed by atoms with Crippen LogP contribution in [-0.2, 0) is 6.42 Å². The third-order valence-electron chi connectivity index (χ3n) is 7.29. The molecule has 5 aromatic rings. The first-order valence-corrected chi connectivity index (χ1v) is 13.3. The zero-order chi connectivity index (χ0) is 27.0. The summed E-state index contributed by atoms with van der Waals surface area (Å²) in [5.74, 6) is 1.53. The first-order valence-electron chi connectivity index (χ1n) is 13.3. The molecule has 3 aromatic heterocycles. The number of aliphatic imine (C=N–C) groups is 1. The quantitative estimate of drug-likeness (QED) is 0.228. The molecule has 38 heavy (non-hydrogen) atoms. The normalized spacial score (nSPS) is 13.0. The topological polar surface area (TPSA) is 76.0 Å². The average molecular weight is 506 g/mol. The Kier molecular flexibility index (Phi) is 6.98. The highest BCUT2D eigenvalue weighted by atomic mass is 16.5. The van der Waals surface area contributed by atoms with E-state index in [4.69, 9.17) is 19.7 Å². The number of fused-ring (bicyclic) bond motifs is 4. The van der Waals surface area contributed by atoms with Crippen LogP contribution in [0, 0.1) is 6.92 Å². The minimum absolute atomic E-state index is 0.721. The Morgan fingerprint density at radius 1 is 1.00 bits per heavy atom. The molecule has 0 saturated heterocycles. The van der Waals surface area contributed by atoms with Gasteiger partial charge in [-0.2, -0.15) is 0 Å². The van der Waals surface area contributed by atoms with Gasteiger partial charge in [0.2, 0.25) is 0 Å². The number of H-pyrrole nitrogens is 1. The Morgan fingerprint density at radius 2 is 1.79 bits per heavy atom. The van der Waals surface area contributed by atoms with E-state index < -0.39 is 0 Å². The van der Waals surface area contributed by atoms with Crippen molar-refractivity contribution in [2.75, 3.05) is 14.2 Å². The van der Waals surface area contributed by atoms with Gasteiger partial charge in [0.1, 0.15) is 17.2 Å². The number of allylic oxidation sites excluding steroid dienone is 2. The molecule has 0 saturated carbocycles. The average Bonchev–Trinajstić information content (AvgIpc) is 3.28. The molecule has 0 spiro atoms. The number of nitrogens with one attached hydrogen (secondary N) is 1. The Bertz CT molecular complexity index is 1740. The lowest BCUT2D eigenvalue weighted by molar-refractivity contribution is 0.414. The van der Waals surface area contributed by atoms with Crippen LogP contribution < -0.4 is 4.74 Å². The van der Waals surface area contributed by atoms with Gasteiger partial charge < -0.3 is 9.72 Å². The minimum Gasteiger partial charge on any atom is -0.496 e. The van der Waals surface area contributed by atoms with Crippen molar-refractivity contribution in [1.82, 2.24) is 19.9 Å². The number of rotatable bonds is 7. The molecule has 6 heteroatoms. The summed E-state index contributed by atoms with van der Waals surface area (Å²) in [5.41, 5.74) is 10.3. The van der Waals surface area contributed by atoms with Crippen LogP contribution in [0.3, 0.4) is 0 Å². The summed E-state index contributed by atoms with van der Waals surface area (Å²) in [5, 5.41) is 3.11. The second-order valence-electron chi connectivity index (χ2n) is 9.81. The highest BCUT2D eigenvalue weighted by Crippen LogP contribution is 2.40. The van der Waals surface area contributed by atoms with Crippen LogP contribution in [0.5, 0.6) is 5.75 Å². The fraction of sp³-hybridized carbons (Fsp3) is 0.312. The lowest BCUT2D eigenvalue weighted by atomic mass is 9.92. The van der Waals surface area contributed by atoms with E-state index in [2.05, 4.69) is 74.1 Å². The first kappa shape index (κ1) is 25.6. The van der Waals surface area contributed by atoms with Gasteiger partial charge in [-0.05, 0) is 57.9 Å². The number of nitrogens with zero attached hydrogens (tertiary/aromatic N) is 4. The molecule has 1 N–H and O–H groups in total. The van der Waals surface area contributed by atoms with E-state index in [-0.39, 0.29) is 0 Å². The SMILES string of the molecule is CCC/C(C)=C(\C(C)=NC)c1cc2[nH]c3nc(C)nc(-c4cc(CC)nc5ccccc45)c3c2cc1OC. The van der Waals surface area contributed by atoms with Crippen LogP contribution in [0.25, 0.3) is 49.7 Å². The number of benzene rings is 2. The highest BCUT2D eigenvalue weighted by molar-refractivity contribution is 6.25. The number of methoxy groups -OCH3 is 1. The molecular weight excluding hydrogens is 470 g/mol. The third kappa shape index (κ3) is 4.34. The fourth-order valence-corrected chi connectivity index (χ4v) is 5.45. The maximum absolute atomic E-state index is 6.00. The van der Waals surface area contributed by atoms with Gasteiger partial charge in [-0.25, -0.2) is 9.97 Å². The Labute approximate surface area is 223 Å². The number of hydrogen-bond donors (Lipinski definition) is 1. The maximum Gasteiger partial charge on any atom is 0.142 e. The van der Waals surface area contributed by atoms with Crippen molar-refractivity contribution in [1.29, 1.82) is 0 Å². The van der Waals surface area contributed by atoms with E-state index in [1.807, 2.05) is 20.0 Å². The van der Waals surface area contributed by atoms with Crippen molar-refractivity contribution in [2.45, 2.75) is 53.9 Å². The molecule has 0 aliphatic heterocycles. The smallest absolute Gasteiger partial charge is 0.142 e. The van der Waals surface area contributed by atoms with Gasteiger partial charge >= 0.3 is 0 Å². The van der Waals surface area contributed by atoms with Crippen LogP contribution in [-0.4, -0.2) is 39.8 Å². The molecule has 0 radical (unpaired) electrons. The molecule has 6 nitrogen and oxygen atoms in total. The number of para-hydroxylation sites is 1. The van der Waals surface area contributed by atoms with E-state index in [9.17, 15) is 0 Å². The molecule has 0 unspecified atom stereocenters. The first-order chi connectivity index (χ1) is 18.4. The molecule has 0 aliphatic carbocycles. The van der Waals surface area contributed by atoms with Gasteiger partial charge in [0.25, 0.3) is 0 Å². The summed E-state index contributed by atoms with van der Waals surface area (Å²) in [7, 11) is 3.58. The van der Waals surface area contributed by atoms with E-state index in [0.717, 1.165) is 97.5 Å². The second-order valence-corrected chi connectivity index (χ2v) is 9.81. The standard InChI is InChI=1S/C32H35N5O/c1-8-12-18(3)29(19(4)33-6)25-16-27-24(17-28(25)38-7)30-31(34-20(5)35-32(30)37-27)23-15-21(9-2)36-26-14-11-10-13-22(23)26/h10-11,13-17H,8-9,12H2,1-7H3,(H,34,35,37)/b29-18+,33-19?. The van der Waals surface area contributed by atoms with E-state index in [1.165, 1.54) is 5.57 Å². The molecule has 0 atom stereocenters. The van der Waals surface area contributed by atoms with E-state index in [1.54, 1.807) is 7.11 Å². The van der Waals surface area contributed by atoms with Gasteiger partial charge in [0.15, 0.2) is 0 Å². The monoisotopic (exact) mass is 505 g/mol. The lowest BCUT2D eigenvalue weighted by Gasteiger charge is -2.16. The van der Waals surface area contributed by atoms with Gasteiger partial charge in [-0.1, -0.05) is 44.0 Å². The summed E-state index contributed by atoms with van der Waals surface area (Å²) < 4.78 is 6.00. The summed E-state index contributed by atoms with van der Waals surface area (Å²) in [6, 6.07) is 14.7. The number of ether oxygens (including phenoxy) is 1. The van der Waals surface area contributed by atoms with Crippen molar-refractivity contribution in [2.24, 2.45) is 4.99 Å². The van der Waals surface area contributed by atoms with Crippen molar-refractivity contribution in [3.05, 3.63) is 65.1 Å². The predicted octanol–water partition coefficient (Wildman–Crippen LogP) is 7.87. The van der Waals surface area contributed by atoms with Gasteiger partial charge in [-0.3, -0.25) is 9.98 Å². The zero-order valence-electron chi connectivity index (χ0n) is 23.4. The number of aromatic nitrogens is 4. The molecule has 0 fully saturated rings. The highest BCUT2D eigenvalue weighted by Gasteiger charge is 2.21. The number of hydrogen-bond acceptors (Lipinski definition) is 5. The predicted molar refractivity (Wildman–Crippen MR) is 159 cm³/mol. The summed E-state index contributed by atoms with van der Waals surface area (Å²) in [6.07, 6.45) is 2.92. The van der Waals surface area contributed by atoms with Gasteiger partial charge in [0.05, 0.1) is 23.7 Å². The molecule has 5 rings (SSSR count). The van der Waals surface area contributed by atoms with Crippen LogP contribution in [0.4, 0.5) is 0 Å². The van der Waals surface area contributed by atoms with Gasteiger partial charge in [0, 0.05) is 51.4 Å². The second kappa shape index (κ2) is 10.4.